The maximum atomic E-state index is 12.3. The third-order valence-electron chi connectivity index (χ3n) is 3.62. The molecule has 0 radical (unpaired) electrons. The first-order valence-electron chi connectivity index (χ1n) is 8.04. The van der Waals surface area contributed by atoms with Crippen LogP contribution in [-0.4, -0.2) is 38.1 Å². The van der Waals surface area contributed by atoms with Crippen LogP contribution in [0, 0.1) is 0 Å². The van der Waals surface area contributed by atoms with Crippen LogP contribution < -0.4 is 20.3 Å². The molecule has 27 heavy (non-hydrogen) atoms. The predicted octanol–water partition coefficient (Wildman–Crippen LogP) is 1.71. The van der Waals surface area contributed by atoms with E-state index >= 15 is 0 Å². The molecule has 0 aliphatic rings. The molecular weight excluding hydrogens is 352 g/mol. The number of methoxy groups -OCH3 is 2. The topological polar surface area (TPSA) is 103 Å². The monoisotopic (exact) mass is 372 g/mol. The lowest BCUT2D eigenvalue weighted by Gasteiger charge is -2.15. The molecule has 8 heteroatoms. The number of nitrogens with one attached hydrogen (secondary N) is 2. The van der Waals surface area contributed by atoms with Gasteiger partial charge in [0.05, 0.1) is 14.2 Å². The summed E-state index contributed by atoms with van der Waals surface area (Å²) in [5.74, 6) is -1.15. The van der Waals surface area contributed by atoms with E-state index in [4.69, 9.17) is 14.2 Å². The quantitative estimate of drug-likeness (QED) is 0.591. The van der Waals surface area contributed by atoms with E-state index in [0.29, 0.717) is 11.3 Å². The number of rotatable bonds is 6. The number of carbonyl (C=O) groups is 3. The van der Waals surface area contributed by atoms with Gasteiger partial charge in [0.1, 0.15) is 17.1 Å². The Morgan fingerprint density at radius 1 is 0.926 bits per heavy atom. The maximum absolute atomic E-state index is 12.3. The first-order chi connectivity index (χ1) is 13.0. The maximum Gasteiger partial charge on any atom is 0.342 e. The first-order valence-corrected chi connectivity index (χ1v) is 8.04. The molecule has 0 unspecified atom stereocenters. The van der Waals surface area contributed by atoms with Gasteiger partial charge in [0.25, 0.3) is 11.8 Å². The summed E-state index contributed by atoms with van der Waals surface area (Å²) >= 11 is 0. The second-order valence-electron chi connectivity index (χ2n) is 5.42. The van der Waals surface area contributed by atoms with Crippen molar-refractivity contribution in [1.82, 2.24) is 10.9 Å². The molecular formula is C19H20N2O6. The van der Waals surface area contributed by atoms with Crippen LogP contribution in [0.5, 0.6) is 11.5 Å². The number of amides is 2. The third kappa shape index (κ3) is 5.21. The van der Waals surface area contributed by atoms with Crippen molar-refractivity contribution in [3.8, 4) is 11.5 Å². The highest BCUT2D eigenvalue weighted by molar-refractivity contribution is 5.97. The predicted molar refractivity (Wildman–Crippen MR) is 96.5 cm³/mol. The second-order valence-corrected chi connectivity index (χ2v) is 5.42. The van der Waals surface area contributed by atoms with Gasteiger partial charge in [-0.05, 0) is 31.2 Å². The van der Waals surface area contributed by atoms with Crippen molar-refractivity contribution >= 4 is 17.8 Å². The van der Waals surface area contributed by atoms with Crippen molar-refractivity contribution in [2.45, 2.75) is 13.0 Å². The number of hydrogen-bond acceptors (Lipinski definition) is 6. The molecule has 2 aromatic rings. The summed E-state index contributed by atoms with van der Waals surface area (Å²) in [5, 5.41) is 0. The Hall–Kier alpha value is -3.55. The van der Waals surface area contributed by atoms with Gasteiger partial charge in [0.15, 0.2) is 6.10 Å². The molecule has 142 valence electrons. The number of ether oxygens (including phenoxy) is 3. The molecule has 0 aliphatic carbocycles. The minimum absolute atomic E-state index is 0.145. The standard InChI is InChI=1S/C19H20N2O6/c1-12(17(22)20-21-18(23)13-7-5-4-6-8-13)27-19(24)15-10-9-14(25-2)11-16(15)26-3/h4-12H,1-3H3,(H,20,22)(H,21,23)/t12-/m1/s1. The minimum Gasteiger partial charge on any atom is -0.497 e. The van der Waals surface area contributed by atoms with Gasteiger partial charge < -0.3 is 14.2 Å². The molecule has 0 aromatic heterocycles. The summed E-state index contributed by atoms with van der Waals surface area (Å²) < 4.78 is 15.3. The molecule has 2 aromatic carbocycles. The van der Waals surface area contributed by atoms with Crippen molar-refractivity contribution in [3.63, 3.8) is 0 Å². The zero-order valence-electron chi connectivity index (χ0n) is 15.1. The number of esters is 1. The molecule has 8 nitrogen and oxygen atoms in total. The van der Waals surface area contributed by atoms with Crippen LogP contribution in [0.1, 0.15) is 27.6 Å². The molecule has 0 aliphatic heterocycles. The molecule has 0 heterocycles. The van der Waals surface area contributed by atoms with Crippen molar-refractivity contribution in [3.05, 3.63) is 59.7 Å². The van der Waals surface area contributed by atoms with Crippen LogP contribution in [0.2, 0.25) is 0 Å². The first kappa shape index (κ1) is 19.8. The lowest BCUT2D eigenvalue weighted by Crippen LogP contribution is -2.46. The Morgan fingerprint density at radius 3 is 2.26 bits per heavy atom. The van der Waals surface area contributed by atoms with Crippen molar-refractivity contribution in [2.75, 3.05) is 14.2 Å². The summed E-state index contributed by atoms with van der Waals surface area (Å²) in [5.41, 5.74) is 5.00. The van der Waals surface area contributed by atoms with Crippen LogP contribution in [0.15, 0.2) is 48.5 Å². The fourth-order valence-corrected chi connectivity index (χ4v) is 2.13. The summed E-state index contributed by atoms with van der Waals surface area (Å²) in [6.07, 6.45) is -1.14. The van der Waals surface area contributed by atoms with Gasteiger partial charge in [-0.1, -0.05) is 18.2 Å². The Morgan fingerprint density at radius 2 is 1.63 bits per heavy atom. The number of benzene rings is 2. The lowest BCUT2D eigenvalue weighted by molar-refractivity contribution is -0.129. The van der Waals surface area contributed by atoms with Gasteiger partial charge in [0.2, 0.25) is 0 Å². The van der Waals surface area contributed by atoms with E-state index < -0.39 is 23.9 Å². The van der Waals surface area contributed by atoms with Crippen LogP contribution in [0.4, 0.5) is 0 Å². The summed E-state index contributed by atoms with van der Waals surface area (Å²) in [6, 6.07) is 12.9. The molecule has 0 bridgehead atoms. The van der Waals surface area contributed by atoms with Gasteiger partial charge in [-0.15, -0.1) is 0 Å². The fourth-order valence-electron chi connectivity index (χ4n) is 2.13. The average molecular weight is 372 g/mol. The van der Waals surface area contributed by atoms with Gasteiger partial charge in [-0.25, -0.2) is 4.79 Å². The zero-order valence-corrected chi connectivity index (χ0v) is 15.1. The van der Waals surface area contributed by atoms with Crippen molar-refractivity contribution < 1.29 is 28.6 Å². The van der Waals surface area contributed by atoms with Gasteiger partial charge in [-0.2, -0.15) is 0 Å². The Balaban J connectivity index is 1.94. The van der Waals surface area contributed by atoms with Crippen LogP contribution in [-0.2, 0) is 9.53 Å². The summed E-state index contributed by atoms with van der Waals surface area (Å²) in [6.45, 7) is 1.39. The Kier molecular flexibility index (Phi) is 6.76. The lowest BCUT2D eigenvalue weighted by atomic mass is 10.2. The smallest absolute Gasteiger partial charge is 0.342 e. The van der Waals surface area contributed by atoms with Gasteiger partial charge in [0, 0.05) is 11.6 Å². The van der Waals surface area contributed by atoms with Gasteiger partial charge >= 0.3 is 5.97 Å². The van der Waals surface area contributed by atoms with Crippen LogP contribution in [0.25, 0.3) is 0 Å². The van der Waals surface area contributed by atoms with E-state index in [1.54, 1.807) is 36.4 Å². The third-order valence-corrected chi connectivity index (χ3v) is 3.62. The average Bonchev–Trinajstić information content (AvgIpc) is 2.71. The Bertz CT molecular complexity index is 822. The van der Waals surface area contributed by atoms with Gasteiger partial charge in [-0.3, -0.25) is 20.4 Å². The van der Waals surface area contributed by atoms with Crippen molar-refractivity contribution in [2.24, 2.45) is 0 Å². The highest BCUT2D eigenvalue weighted by Gasteiger charge is 2.22. The summed E-state index contributed by atoms with van der Waals surface area (Å²) in [4.78, 5) is 36.2. The molecule has 0 saturated heterocycles. The van der Waals surface area contributed by atoms with E-state index in [1.807, 2.05) is 0 Å². The second kappa shape index (κ2) is 9.23. The number of hydrogen-bond donors (Lipinski definition) is 2. The summed E-state index contributed by atoms with van der Waals surface area (Å²) in [7, 11) is 2.89. The number of hydrazine groups is 1. The van der Waals surface area contributed by atoms with E-state index in [0.717, 1.165) is 0 Å². The van der Waals surface area contributed by atoms with Crippen LogP contribution >= 0.6 is 0 Å². The highest BCUT2D eigenvalue weighted by Crippen LogP contribution is 2.25. The SMILES string of the molecule is COc1ccc(C(=O)O[C@H](C)C(=O)NNC(=O)c2ccccc2)c(OC)c1. The molecule has 2 rings (SSSR count). The normalized spacial score (nSPS) is 11.1. The van der Waals surface area contributed by atoms with Crippen molar-refractivity contribution in [1.29, 1.82) is 0 Å². The van der Waals surface area contributed by atoms with E-state index in [9.17, 15) is 14.4 Å². The van der Waals surface area contributed by atoms with E-state index in [-0.39, 0.29) is 11.3 Å². The highest BCUT2D eigenvalue weighted by atomic mass is 16.5. The van der Waals surface area contributed by atoms with E-state index in [2.05, 4.69) is 10.9 Å². The minimum atomic E-state index is -1.14. The molecule has 0 fully saturated rings. The molecule has 1 atom stereocenters. The van der Waals surface area contributed by atoms with Crippen LogP contribution in [0.3, 0.4) is 0 Å². The molecule has 2 N–H and O–H groups in total. The van der Waals surface area contributed by atoms with E-state index in [1.165, 1.54) is 33.3 Å². The molecule has 0 spiro atoms. The largest absolute Gasteiger partial charge is 0.497 e. The number of carbonyl (C=O) groups excluding carboxylic acids is 3. The fraction of sp³-hybridized carbons (Fsp3) is 0.211. The Labute approximate surface area is 156 Å². The molecule has 0 saturated carbocycles. The zero-order chi connectivity index (χ0) is 19.8. The molecule has 2 amide bonds.